The second-order valence-corrected chi connectivity index (χ2v) is 9.11. The van der Waals surface area contributed by atoms with Gasteiger partial charge in [-0.25, -0.2) is 9.37 Å². The van der Waals surface area contributed by atoms with E-state index in [-0.39, 0.29) is 24.2 Å². The van der Waals surface area contributed by atoms with E-state index in [1.54, 1.807) is 23.5 Å². The lowest BCUT2D eigenvalue weighted by molar-refractivity contribution is 0.0720. The highest BCUT2D eigenvalue weighted by Crippen LogP contribution is 2.33. The van der Waals surface area contributed by atoms with E-state index in [0.29, 0.717) is 16.0 Å². The van der Waals surface area contributed by atoms with Crippen molar-refractivity contribution in [3.05, 3.63) is 98.2 Å². The molecule has 4 aromatic rings. The Morgan fingerprint density at radius 3 is 2.59 bits per heavy atom. The number of halogens is 1. The number of carbonyl (C=O) groups excluding carboxylic acids is 1. The van der Waals surface area contributed by atoms with Gasteiger partial charge in [-0.2, -0.15) is 0 Å². The molecular formula is C25H22FN3O2S. The highest BCUT2D eigenvalue weighted by Gasteiger charge is 2.23. The molecule has 1 aliphatic carbocycles. The number of aromatic amines is 1. The predicted molar refractivity (Wildman–Crippen MR) is 123 cm³/mol. The Labute approximate surface area is 188 Å². The minimum atomic E-state index is -0.571. The molecule has 2 aromatic heterocycles. The maximum absolute atomic E-state index is 14.4. The molecule has 0 aliphatic heterocycles. The summed E-state index contributed by atoms with van der Waals surface area (Å²) in [6.07, 6.45) is 4.11. The van der Waals surface area contributed by atoms with Crippen LogP contribution in [0.4, 0.5) is 4.39 Å². The monoisotopic (exact) mass is 447 g/mol. The Morgan fingerprint density at radius 1 is 1.03 bits per heavy atom. The Balaban J connectivity index is 1.52. The van der Waals surface area contributed by atoms with E-state index >= 15 is 0 Å². The van der Waals surface area contributed by atoms with E-state index in [9.17, 15) is 14.0 Å². The fourth-order valence-electron chi connectivity index (χ4n) is 4.27. The molecule has 5 nitrogen and oxygen atoms in total. The zero-order chi connectivity index (χ0) is 22.1. The van der Waals surface area contributed by atoms with Crippen molar-refractivity contribution < 1.29 is 9.18 Å². The Morgan fingerprint density at radius 2 is 1.78 bits per heavy atom. The number of hydrogen-bond acceptors (Lipinski definition) is 4. The van der Waals surface area contributed by atoms with E-state index in [1.165, 1.54) is 21.9 Å². The van der Waals surface area contributed by atoms with Gasteiger partial charge in [-0.05, 0) is 48.9 Å². The number of aryl methyl sites for hydroxylation is 2. The lowest BCUT2D eigenvalue weighted by Gasteiger charge is -2.23. The van der Waals surface area contributed by atoms with Crippen molar-refractivity contribution in [2.75, 3.05) is 0 Å². The number of nitrogens with zero attached hydrogens (tertiary/aromatic N) is 2. The van der Waals surface area contributed by atoms with Gasteiger partial charge in [0.15, 0.2) is 0 Å². The largest absolute Gasteiger partial charge is 0.327 e. The first kappa shape index (κ1) is 20.6. The van der Waals surface area contributed by atoms with Gasteiger partial charge < -0.3 is 9.88 Å². The normalized spacial score (nSPS) is 13.2. The molecule has 32 heavy (non-hydrogen) atoms. The molecule has 0 atom stereocenters. The van der Waals surface area contributed by atoms with Crippen molar-refractivity contribution in [3.63, 3.8) is 0 Å². The van der Waals surface area contributed by atoms with Crippen LogP contribution in [0.25, 0.3) is 10.2 Å². The van der Waals surface area contributed by atoms with Gasteiger partial charge in [0.25, 0.3) is 11.5 Å². The summed E-state index contributed by atoms with van der Waals surface area (Å²) in [4.78, 5) is 37.2. The molecule has 1 aliphatic rings. The minimum absolute atomic E-state index is 0.00144. The molecule has 2 aromatic carbocycles. The first-order chi connectivity index (χ1) is 15.6. The summed E-state index contributed by atoms with van der Waals surface area (Å²) in [5.74, 6) is -0.611. The smallest absolute Gasteiger partial charge is 0.259 e. The Hall–Kier alpha value is -3.32. The van der Waals surface area contributed by atoms with Crippen molar-refractivity contribution in [1.82, 2.24) is 14.9 Å². The van der Waals surface area contributed by atoms with Crippen molar-refractivity contribution in [3.8, 4) is 0 Å². The molecule has 0 fully saturated rings. The standard InChI is InChI=1S/C25H22FN3O2S/c26-19-12-6-4-10-17(19)25(31)29(14-16-8-2-1-3-9-16)15-21-27-23(30)22-18-11-5-7-13-20(18)32-24(22)28-21/h1-4,6,8-10,12H,5,7,11,13-15H2,(H,27,28,30). The topological polar surface area (TPSA) is 66.1 Å². The van der Waals surface area contributed by atoms with Crippen LogP contribution in [0.1, 0.15) is 45.0 Å². The number of carbonyl (C=O) groups is 1. The lowest BCUT2D eigenvalue weighted by Crippen LogP contribution is -2.32. The van der Waals surface area contributed by atoms with Crippen LogP contribution in [-0.4, -0.2) is 20.8 Å². The van der Waals surface area contributed by atoms with Crippen molar-refractivity contribution in [2.24, 2.45) is 0 Å². The van der Waals surface area contributed by atoms with Crippen LogP contribution >= 0.6 is 11.3 Å². The van der Waals surface area contributed by atoms with Crippen molar-refractivity contribution >= 4 is 27.5 Å². The molecule has 162 valence electrons. The van der Waals surface area contributed by atoms with Gasteiger partial charge in [0.1, 0.15) is 16.5 Å². The molecule has 5 rings (SSSR count). The quantitative estimate of drug-likeness (QED) is 0.476. The number of benzene rings is 2. The number of thiophene rings is 1. The van der Waals surface area contributed by atoms with Crippen LogP contribution in [-0.2, 0) is 25.9 Å². The summed E-state index contributed by atoms with van der Waals surface area (Å²) in [6.45, 7) is 0.354. The van der Waals surface area contributed by atoms with Crippen LogP contribution in [0.3, 0.4) is 0 Å². The molecule has 0 bridgehead atoms. The molecule has 2 heterocycles. The first-order valence-electron chi connectivity index (χ1n) is 10.7. The van der Waals surface area contributed by atoms with Crippen LogP contribution in [0.15, 0.2) is 59.4 Å². The van der Waals surface area contributed by atoms with E-state index in [2.05, 4.69) is 4.98 Å². The van der Waals surface area contributed by atoms with Gasteiger partial charge >= 0.3 is 0 Å². The molecule has 0 spiro atoms. The third-order valence-electron chi connectivity index (χ3n) is 5.82. The average Bonchev–Trinajstić information content (AvgIpc) is 3.18. The summed E-state index contributed by atoms with van der Waals surface area (Å²) in [6, 6.07) is 15.4. The molecule has 0 unspecified atom stereocenters. The van der Waals surface area contributed by atoms with E-state index < -0.39 is 11.7 Å². The van der Waals surface area contributed by atoms with Gasteiger partial charge in [-0.3, -0.25) is 9.59 Å². The van der Waals surface area contributed by atoms with Gasteiger partial charge in [0, 0.05) is 11.4 Å². The fraction of sp³-hybridized carbons (Fsp3) is 0.240. The van der Waals surface area contributed by atoms with E-state index in [4.69, 9.17) is 4.98 Å². The second kappa shape index (κ2) is 8.67. The highest BCUT2D eigenvalue weighted by atomic mass is 32.1. The number of amides is 1. The predicted octanol–water partition coefficient (Wildman–Crippen LogP) is 4.85. The summed E-state index contributed by atoms with van der Waals surface area (Å²) in [5, 5.41) is 0.684. The van der Waals surface area contributed by atoms with Crippen molar-refractivity contribution in [2.45, 2.75) is 38.8 Å². The van der Waals surface area contributed by atoms with Crippen LogP contribution in [0.5, 0.6) is 0 Å². The SMILES string of the molecule is O=C(c1ccccc1F)N(Cc1ccccc1)Cc1nc2sc3c(c2c(=O)[nH]1)CCCC3. The second-order valence-electron chi connectivity index (χ2n) is 8.03. The summed E-state index contributed by atoms with van der Waals surface area (Å²) in [5.41, 5.74) is 1.87. The maximum atomic E-state index is 14.4. The van der Waals surface area contributed by atoms with Gasteiger partial charge in [-0.15, -0.1) is 11.3 Å². The number of rotatable bonds is 5. The molecule has 1 amide bonds. The summed E-state index contributed by atoms with van der Waals surface area (Å²) < 4.78 is 14.4. The van der Waals surface area contributed by atoms with Gasteiger partial charge in [0.05, 0.1) is 17.5 Å². The fourth-order valence-corrected chi connectivity index (χ4v) is 5.55. The summed E-state index contributed by atoms with van der Waals surface area (Å²) >= 11 is 1.57. The van der Waals surface area contributed by atoms with Crippen LogP contribution in [0.2, 0.25) is 0 Å². The Bertz CT molecular complexity index is 1350. The van der Waals surface area contributed by atoms with Crippen LogP contribution in [0, 0.1) is 5.82 Å². The van der Waals surface area contributed by atoms with E-state index in [1.807, 2.05) is 30.3 Å². The molecule has 1 N–H and O–H groups in total. The maximum Gasteiger partial charge on any atom is 0.259 e. The number of nitrogens with one attached hydrogen (secondary N) is 1. The zero-order valence-electron chi connectivity index (χ0n) is 17.4. The third kappa shape index (κ3) is 3.96. The number of hydrogen-bond donors (Lipinski definition) is 1. The molecule has 7 heteroatoms. The molecule has 0 radical (unpaired) electrons. The lowest BCUT2D eigenvalue weighted by atomic mass is 9.97. The molecule has 0 saturated carbocycles. The van der Waals surface area contributed by atoms with Crippen molar-refractivity contribution in [1.29, 1.82) is 0 Å². The van der Waals surface area contributed by atoms with E-state index in [0.717, 1.165) is 36.8 Å². The number of aromatic nitrogens is 2. The highest BCUT2D eigenvalue weighted by molar-refractivity contribution is 7.18. The Kier molecular flexibility index (Phi) is 5.57. The average molecular weight is 448 g/mol. The summed E-state index contributed by atoms with van der Waals surface area (Å²) in [7, 11) is 0. The molecule has 0 saturated heterocycles. The van der Waals surface area contributed by atoms with Crippen LogP contribution < -0.4 is 5.56 Å². The number of fused-ring (bicyclic) bond motifs is 3. The first-order valence-corrected chi connectivity index (χ1v) is 11.5. The number of H-pyrrole nitrogens is 1. The molecular weight excluding hydrogens is 425 g/mol. The third-order valence-corrected chi connectivity index (χ3v) is 7.01. The zero-order valence-corrected chi connectivity index (χ0v) is 18.3. The van der Waals surface area contributed by atoms with Gasteiger partial charge in [0.2, 0.25) is 0 Å². The minimum Gasteiger partial charge on any atom is -0.327 e. The van der Waals surface area contributed by atoms with Gasteiger partial charge in [-0.1, -0.05) is 42.5 Å².